The smallest absolute Gasteiger partial charge is 0.265 e. The van der Waals surface area contributed by atoms with Crippen LogP contribution in [0.4, 0.5) is 5.69 Å². The molecule has 0 spiro atoms. The van der Waals surface area contributed by atoms with Gasteiger partial charge in [0.05, 0.1) is 11.3 Å². The van der Waals surface area contributed by atoms with Crippen molar-refractivity contribution in [1.29, 1.82) is 5.26 Å². The number of nitrogens with zero attached hydrogens (tertiary/aromatic N) is 1. The number of aryl methyl sites for hydroxylation is 1. The molecule has 0 saturated heterocycles. The van der Waals surface area contributed by atoms with Gasteiger partial charge in [-0.25, -0.2) is 0 Å². The van der Waals surface area contributed by atoms with Gasteiger partial charge in [-0.05, 0) is 43.2 Å². The van der Waals surface area contributed by atoms with Crippen molar-refractivity contribution in [1.82, 2.24) is 0 Å². The van der Waals surface area contributed by atoms with Crippen LogP contribution >= 0.6 is 0 Å². The quantitative estimate of drug-likeness (QED) is 0.915. The first-order chi connectivity index (χ1) is 10.6. The van der Waals surface area contributed by atoms with Crippen molar-refractivity contribution in [3.8, 4) is 11.8 Å². The van der Waals surface area contributed by atoms with Crippen molar-refractivity contribution in [2.24, 2.45) is 0 Å². The molecule has 0 radical (unpaired) electrons. The first kappa shape index (κ1) is 15.6. The third-order valence-electron chi connectivity index (χ3n) is 3.24. The zero-order valence-corrected chi connectivity index (χ0v) is 12.7. The van der Waals surface area contributed by atoms with E-state index in [1.165, 1.54) is 0 Å². The van der Waals surface area contributed by atoms with Crippen molar-refractivity contribution < 1.29 is 9.53 Å². The van der Waals surface area contributed by atoms with Crippen molar-refractivity contribution in [2.45, 2.75) is 26.4 Å². The number of nitriles is 1. The van der Waals surface area contributed by atoms with Crippen molar-refractivity contribution in [2.75, 3.05) is 5.32 Å². The van der Waals surface area contributed by atoms with Crippen LogP contribution in [0.1, 0.15) is 24.5 Å². The Morgan fingerprint density at radius 2 is 2.05 bits per heavy atom. The zero-order valence-electron chi connectivity index (χ0n) is 12.7. The molecule has 1 atom stereocenters. The Morgan fingerprint density at radius 1 is 1.27 bits per heavy atom. The number of amides is 1. The molecule has 2 aromatic rings. The number of ether oxygens (including phenoxy) is 1. The predicted molar refractivity (Wildman–Crippen MR) is 85.7 cm³/mol. The molecule has 1 N–H and O–H groups in total. The lowest BCUT2D eigenvalue weighted by atomic mass is 10.1. The molecule has 0 aromatic heterocycles. The van der Waals surface area contributed by atoms with Crippen LogP contribution in [0.2, 0.25) is 0 Å². The molecule has 0 fully saturated rings. The van der Waals surface area contributed by atoms with Crippen molar-refractivity contribution in [3.63, 3.8) is 0 Å². The maximum atomic E-state index is 12.4. The number of para-hydroxylation sites is 1. The number of anilines is 1. The molecule has 0 aliphatic rings. The molecule has 0 heterocycles. The van der Waals surface area contributed by atoms with Crippen LogP contribution in [-0.4, -0.2) is 12.0 Å². The van der Waals surface area contributed by atoms with Crippen LogP contribution in [0.5, 0.6) is 5.75 Å². The highest BCUT2D eigenvalue weighted by molar-refractivity contribution is 5.95. The first-order valence-electron chi connectivity index (χ1n) is 7.17. The molecule has 0 aliphatic carbocycles. The summed E-state index contributed by atoms with van der Waals surface area (Å²) in [7, 11) is 0. The van der Waals surface area contributed by atoms with Gasteiger partial charge in [-0.2, -0.15) is 5.26 Å². The summed E-state index contributed by atoms with van der Waals surface area (Å²) >= 11 is 0. The topological polar surface area (TPSA) is 62.1 Å². The summed E-state index contributed by atoms with van der Waals surface area (Å²) in [4.78, 5) is 12.4. The summed E-state index contributed by atoms with van der Waals surface area (Å²) in [6.45, 7) is 3.85. The molecule has 0 bridgehead atoms. The lowest BCUT2D eigenvalue weighted by Crippen LogP contribution is -2.32. The number of nitrogens with one attached hydrogen (secondary N) is 1. The van der Waals surface area contributed by atoms with Crippen LogP contribution in [0.25, 0.3) is 0 Å². The van der Waals surface area contributed by atoms with Crippen molar-refractivity contribution in [3.05, 3.63) is 59.7 Å². The molecule has 112 valence electrons. The monoisotopic (exact) mass is 294 g/mol. The van der Waals surface area contributed by atoms with E-state index >= 15 is 0 Å². The second-order valence-electron chi connectivity index (χ2n) is 4.98. The van der Waals surface area contributed by atoms with Crippen LogP contribution in [-0.2, 0) is 4.79 Å². The molecule has 1 unspecified atom stereocenters. The predicted octanol–water partition coefficient (Wildman–Crippen LogP) is 3.66. The number of carbonyl (C=O) groups is 1. The zero-order chi connectivity index (χ0) is 15.9. The summed E-state index contributed by atoms with van der Waals surface area (Å²) in [5.74, 6) is 0.405. The average molecular weight is 294 g/mol. The SMILES string of the molecule is CCC(Oc1cccc(C)c1)C(=O)Nc1ccccc1C#N. The minimum Gasteiger partial charge on any atom is -0.481 e. The second kappa shape index (κ2) is 7.28. The van der Waals surface area contributed by atoms with Crippen LogP contribution < -0.4 is 10.1 Å². The Kier molecular flexibility index (Phi) is 5.16. The van der Waals surface area contributed by atoms with E-state index in [2.05, 4.69) is 11.4 Å². The Hall–Kier alpha value is -2.80. The summed E-state index contributed by atoms with van der Waals surface area (Å²) in [5, 5.41) is 11.8. The molecule has 0 saturated carbocycles. The Labute approximate surface area is 130 Å². The normalized spacial score (nSPS) is 11.3. The maximum absolute atomic E-state index is 12.4. The first-order valence-corrected chi connectivity index (χ1v) is 7.17. The van der Waals surface area contributed by atoms with E-state index in [1.807, 2.05) is 38.1 Å². The highest BCUT2D eigenvalue weighted by Crippen LogP contribution is 2.18. The van der Waals surface area contributed by atoms with E-state index in [-0.39, 0.29) is 5.91 Å². The standard InChI is InChI=1S/C18H18N2O2/c1-3-17(22-15-9-6-7-13(2)11-15)18(21)20-16-10-5-4-8-14(16)12-19/h4-11,17H,3H2,1-2H3,(H,20,21). The highest BCUT2D eigenvalue weighted by atomic mass is 16.5. The van der Waals surface area contributed by atoms with E-state index < -0.39 is 6.10 Å². The highest BCUT2D eigenvalue weighted by Gasteiger charge is 2.19. The fourth-order valence-electron chi connectivity index (χ4n) is 2.08. The summed E-state index contributed by atoms with van der Waals surface area (Å²) in [5.41, 5.74) is 2.00. The van der Waals surface area contributed by atoms with Gasteiger partial charge in [0.25, 0.3) is 5.91 Å². The molecule has 2 rings (SSSR count). The number of hydrogen-bond donors (Lipinski definition) is 1. The minimum absolute atomic E-state index is 0.258. The van der Waals surface area contributed by atoms with E-state index in [9.17, 15) is 4.79 Å². The van der Waals surface area contributed by atoms with Gasteiger partial charge in [0.15, 0.2) is 6.10 Å². The third-order valence-corrected chi connectivity index (χ3v) is 3.24. The molecule has 22 heavy (non-hydrogen) atoms. The average Bonchev–Trinajstić information content (AvgIpc) is 2.53. The van der Waals surface area contributed by atoms with Gasteiger partial charge in [0.2, 0.25) is 0 Å². The molecule has 1 amide bonds. The summed E-state index contributed by atoms with van der Waals surface area (Å²) in [6, 6.07) is 16.5. The fraction of sp³-hybridized carbons (Fsp3) is 0.222. The van der Waals surface area contributed by atoms with E-state index in [0.717, 1.165) is 5.56 Å². The van der Waals surface area contributed by atoms with Crippen LogP contribution in [0.3, 0.4) is 0 Å². The molecule has 0 aliphatic heterocycles. The number of rotatable bonds is 5. The maximum Gasteiger partial charge on any atom is 0.265 e. The lowest BCUT2D eigenvalue weighted by Gasteiger charge is -2.18. The van der Waals surface area contributed by atoms with Gasteiger partial charge < -0.3 is 10.1 Å². The van der Waals surface area contributed by atoms with Gasteiger partial charge in [-0.3, -0.25) is 4.79 Å². The van der Waals surface area contributed by atoms with Crippen LogP contribution in [0.15, 0.2) is 48.5 Å². The number of carbonyl (C=O) groups excluding carboxylic acids is 1. The van der Waals surface area contributed by atoms with Crippen LogP contribution in [0, 0.1) is 18.3 Å². The van der Waals surface area contributed by atoms with Gasteiger partial charge in [-0.15, -0.1) is 0 Å². The molecular formula is C18H18N2O2. The fourth-order valence-corrected chi connectivity index (χ4v) is 2.08. The van der Waals surface area contributed by atoms with E-state index in [1.54, 1.807) is 24.3 Å². The Balaban J connectivity index is 2.11. The van der Waals surface area contributed by atoms with Gasteiger partial charge in [0, 0.05) is 0 Å². The second-order valence-corrected chi connectivity index (χ2v) is 4.98. The van der Waals surface area contributed by atoms with E-state index in [4.69, 9.17) is 10.00 Å². The van der Waals surface area contributed by atoms with Gasteiger partial charge in [-0.1, -0.05) is 31.2 Å². The lowest BCUT2D eigenvalue weighted by molar-refractivity contribution is -0.122. The minimum atomic E-state index is -0.603. The molecular weight excluding hydrogens is 276 g/mol. The van der Waals surface area contributed by atoms with E-state index in [0.29, 0.717) is 23.4 Å². The number of hydrogen-bond acceptors (Lipinski definition) is 3. The molecule has 4 heteroatoms. The summed E-state index contributed by atoms with van der Waals surface area (Å²) < 4.78 is 5.76. The Morgan fingerprint density at radius 3 is 2.73 bits per heavy atom. The Bertz CT molecular complexity index is 704. The third kappa shape index (κ3) is 3.86. The van der Waals surface area contributed by atoms with Gasteiger partial charge >= 0.3 is 0 Å². The largest absolute Gasteiger partial charge is 0.481 e. The molecule has 2 aromatic carbocycles. The van der Waals surface area contributed by atoms with Crippen molar-refractivity contribution >= 4 is 11.6 Å². The summed E-state index contributed by atoms with van der Waals surface area (Å²) in [6.07, 6.45) is -0.0670. The number of benzene rings is 2. The van der Waals surface area contributed by atoms with Gasteiger partial charge in [0.1, 0.15) is 11.8 Å². The molecule has 4 nitrogen and oxygen atoms in total.